The van der Waals surface area contributed by atoms with Gasteiger partial charge in [0.1, 0.15) is 11.3 Å². The van der Waals surface area contributed by atoms with E-state index in [4.69, 9.17) is 10.7 Å². The number of aromatic nitrogens is 3. The van der Waals surface area contributed by atoms with Crippen LogP contribution in [0.2, 0.25) is 0 Å². The van der Waals surface area contributed by atoms with Crippen molar-refractivity contribution in [1.29, 1.82) is 0 Å². The third-order valence-corrected chi connectivity index (χ3v) is 5.81. The Kier molecular flexibility index (Phi) is 7.07. The lowest BCUT2D eigenvalue weighted by molar-refractivity contribution is 0.252. The number of hydrogen-bond acceptors (Lipinski definition) is 4. The summed E-state index contributed by atoms with van der Waals surface area (Å²) in [5.74, 6) is 1.54. The van der Waals surface area contributed by atoms with E-state index < -0.39 is 0 Å². The Balaban J connectivity index is 1.43. The van der Waals surface area contributed by atoms with E-state index in [2.05, 4.69) is 33.2 Å². The standard InChI is InChI=1S/C26H32N6O/c1-3-4-14-22-31-23-24(20-12-5-6-13-21(20)30-25(23)27)32(22)16-8-7-15-28-26(33)29-19-11-9-10-18(2)17-19/h5-6,9-13,17H,3-4,7-8,14-16H2,1-2H3,(H2,27,30)(H2,28,29,33). The summed E-state index contributed by atoms with van der Waals surface area (Å²) in [6.45, 7) is 5.62. The number of amides is 2. The maximum absolute atomic E-state index is 12.2. The lowest BCUT2D eigenvalue weighted by atomic mass is 10.2. The van der Waals surface area contributed by atoms with E-state index in [-0.39, 0.29) is 6.03 Å². The molecule has 2 aromatic heterocycles. The Morgan fingerprint density at radius 1 is 1.06 bits per heavy atom. The normalized spacial score (nSPS) is 11.2. The molecule has 2 aromatic carbocycles. The zero-order valence-electron chi connectivity index (χ0n) is 19.4. The van der Waals surface area contributed by atoms with Gasteiger partial charge in [-0.2, -0.15) is 0 Å². The molecule has 0 spiro atoms. The van der Waals surface area contributed by atoms with Crippen LogP contribution in [-0.4, -0.2) is 27.1 Å². The number of nitrogens with two attached hydrogens (primary N) is 1. The third-order valence-electron chi connectivity index (χ3n) is 5.81. The van der Waals surface area contributed by atoms with Crippen LogP contribution in [0.1, 0.15) is 44.0 Å². The van der Waals surface area contributed by atoms with Crippen LogP contribution in [0.15, 0.2) is 48.5 Å². The molecule has 4 N–H and O–H groups in total. The number of hydrogen-bond donors (Lipinski definition) is 3. The SMILES string of the molecule is CCCCc1nc2c(N)nc3ccccc3c2n1CCCCNC(=O)Nc1cccc(C)c1. The number of carbonyl (C=O) groups excluding carboxylic acids is 1. The molecule has 4 rings (SSSR count). The molecular weight excluding hydrogens is 412 g/mol. The van der Waals surface area contributed by atoms with Gasteiger partial charge < -0.3 is 20.9 Å². The summed E-state index contributed by atoms with van der Waals surface area (Å²) in [5.41, 5.74) is 10.9. The van der Waals surface area contributed by atoms with Gasteiger partial charge in [0, 0.05) is 30.6 Å². The van der Waals surface area contributed by atoms with Crippen molar-refractivity contribution in [3.05, 3.63) is 59.9 Å². The van der Waals surface area contributed by atoms with Gasteiger partial charge in [-0.15, -0.1) is 0 Å². The first-order chi connectivity index (χ1) is 16.1. The van der Waals surface area contributed by atoms with E-state index in [0.29, 0.717) is 12.4 Å². The number of nitrogens with one attached hydrogen (secondary N) is 2. The van der Waals surface area contributed by atoms with Gasteiger partial charge in [0.25, 0.3) is 0 Å². The van der Waals surface area contributed by atoms with Gasteiger partial charge in [-0.1, -0.05) is 43.7 Å². The van der Waals surface area contributed by atoms with Gasteiger partial charge in [0.2, 0.25) is 0 Å². The second-order valence-electron chi connectivity index (χ2n) is 8.45. The number of urea groups is 1. The number of nitrogens with zero attached hydrogens (tertiary/aromatic N) is 3. The molecule has 0 unspecified atom stereocenters. The van der Waals surface area contributed by atoms with Gasteiger partial charge in [0.05, 0.1) is 11.0 Å². The predicted octanol–water partition coefficient (Wildman–Crippen LogP) is 5.42. The first kappa shape index (κ1) is 22.6. The van der Waals surface area contributed by atoms with E-state index >= 15 is 0 Å². The molecule has 2 heterocycles. The van der Waals surface area contributed by atoms with Crippen LogP contribution in [0.5, 0.6) is 0 Å². The quantitative estimate of drug-likeness (QED) is 0.300. The number of rotatable bonds is 9. The molecule has 0 radical (unpaired) electrons. The summed E-state index contributed by atoms with van der Waals surface area (Å²) in [6.07, 6.45) is 4.89. The fourth-order valence-corrected chi connectivity index (χ4v) is 4.17. The minimum absolute atomic E-state index is 0.179. The molecule has 7 nitrogen and oxygen atoms in total. The van der Waals surface area contributed by atoms with Crippen molar-refractivity contribution in [2.24, 2.45) is 0 Å². The molecule has 0 atom stereocenters. The molecule has 2 amide bonds. The van der Waals surface area contributed by atoms with E-state index in [1.54, 1.807) is 0 Å². The minimum atomic E-state index is -0.179. The minimum Gasteiger partial charge on any atom is -0.382 e. The summed E-state index contributed by atoms with van der Waals surface area (Å²) in [6, 6.07) is 15.7. The number of anilines is 2. The van der Waals surface area contributed by atoms with Crippen molar-refractivity contribution in [2.75, 3.05) is 17.6 Å². The van der Waals surface area contributed by atoms with Crippen LogP contribution >= 0.6 is 0 Å². The molecule has 7 heteroatoms. The third kappa shape index (κ3) is 5.25. The first-order valence-corrected chi connectivity index (χ1v) is 11.7. The van der Waals surface area contributed by atoms with Crippen LogP contribution in [0.25, 0.3) is 21.9 Å². The number of nitrogen functional groups attached to an aromatic ring is 1. The molecule has 4 aromatic rings. The largest absolute Gasteiger partial charge is 0.382 e. The molecular formula is C26H32N6O. The molecule has 0 fully saturated rings. The van der Waals surface area contributed by atoms with Crippen LogP contribution < -0.4 is 16.4 Å². The lowest BCUT2D eigenvalue weighted by Gasteiger charge is -2.12. The summed E-state index contributed by atoms with van der Waals surface area (Å²) in [4.78, 5) is 21.6. The summed E-state index contributed by atoms with van der Waals surface area (Å²) in [5, 5.41) is 6.91. The monoisotopic (exact) mass is 444 g/mol. The summed E-state index contributed by atoms with van der Waals surface area (Å²) < 4.78 is 2.30. The highest BCUT2D eigenvalue weighted by atomic mass is 16.2. The Bertz CT molecular complexity index is 1260. The van der Waals surface area contributed by atoms with Crippen molar-refractivity contribution in [1.82, 2.24) is 19.9 Å². The summed E-state index contributed by atoms with van der Waals surface area (Å²) in [7, 11) is 0. The number of carbonyl (C=O) groups is 1. The van der Waals surface area contributed by atoms with Crippen molar-refractivity contribution in [3.8, 4) is 0 Å². The smallest absolute Gasteiger partial charge is 0.319 e. The van der Waals surface area contributed by atoms with Crippen LogP contribution in [0.3, 0.4) is 0 Å². The van der Waals surface area contributed by atoms with Crippen molar-refractivity contribution >= 4 is 39.5 Å². The zero-order chi connectivity index (χ0) is 23.2. The fourth-order valence-electron chi connectivity index (χ4n) is 4.17. The van der Waals surface area contributed by atoms with Crippen molar-refractivity contribution < 1.29 is 4.79 Å². The topological polar surface area (TPSA) is 97.9 Å². The molecule has 0 saturated carbocycles. The van der Waals surface area contributed by atoms with Crippen molar-refractivity contribution in [3.63, 3.8) is 0 Å². The first-order valence-electron chi connectivity index (χ1n) is 11.7. The number of imidazole rings is 1. The van der Waals surface area contributed by atoms with E-state index in [0.717, 1.165) is 77.7 Å². The number of pyridine rings is 1. The van der Waals surface area contributed by atoms with Crippen molar-refractivity contribution in [2.45, 2.75) is 52.5 Å². The van der Waals surface area contributed by atoms with Crippen LogP contribution in [0, 0.1) is 6.92 Å². The summed E-state index contributed by atoms with van der Waals surface area (Å²) >= 11 is 0. The zero-order valence-corrected chi connectivity index (χ0v) is 19.4. The molecule has 0 aliphatic carbocycles. The van der Waals surface area contributed by atoms with E-state index in [9.17, 15) is 4.79 Å². The number of aryl methyl sites for hydroxylation is 3. The van der Waals surface area contributed by atoms with Gasteiger partial charge in [-0.05, 0) is 49.9 Å². The Labute approximate surface area is 194 Å². The van der Waals surface area contributed by atoms with Crippen LogP contribution in [0.4, 0.5) is 16.3 Å². The Morgan fingerprint density at radius 3 is 2.73 bits per heavy atom. The molecule has 0 bridgehead atoms. The molecule has 0 aliphatic rings. The Hall–Kier alpha value is -3.61. The fraction of sp³-hybridized carbons (Fsp3) is 0.346. The second-order valence-corrected chi connectivity index (χ2v) is 8.45. The van der Waals surface area contributed by atoms with Gasteiger partial charge >= 0.3 is 6.03 Å². The van der Waals surface area contributed by atoms with Gasteiger partial charge in [0.15, 0.2) is 5.82 Å². The highest BCUT2D eigenvalue weighted by Crippen LogP contribution is 2.29. The molecule has 0 aliphatic heterocycles. The number of fused-ring (bicyclic) bond motifs is 3. The number of para-hydroxylation sites is 1. The highest BCUT2D eigenvalue weighted by Gasteiger charge is 2.16. The number of unbranched alkanes of at least 4 members (excludes halogenated alkanes) is 2. The predicted molar refractivity (Wildman–Crippen MR) is 135 cm³/mol. The van der Waals surface area contributed by atoms with Crippen LogP contribution in [-0.2, 0) is 13.0 Å². The van der Waals surface area contributed by atoms with Gasteiger partial charge in [-0.25, -0.2) is 14.8 Å². The number of benzene rings is 2. The van der Waals surface area contributed by atoms with Gasteiger partial charge in [-0.3, -0.25) is 0 Å². The maximum atomic E-state index is 12.2. The highest BCUT2D eigenvalue weighted by molar-refractivity contribution is 6.06. The maximum Gasteiger partial charge on any atom is 0.319 e. The second kappa shape index (κ2) is 10.3. The average Bonchev–Trinajstić information content (AvgIpc) is 3.17. The van der Waals surface area contributed by atoms with E-state index in [1.165, 1.54) is 0 Å². The Morgan fingerprint density at radius 2 is 1.91 bits per heavy atom. The average molecular weight is 445 g/mol. The molecule has 0 saturated heterocycles. The lowest BCUT2D eigenvalue weighted by Crippen LogP contribution is -2.29. The molecule has 172 valence electrons. The molecule has 33 heavy (non-hydrogen) atoms. The van der Waals surface area contributed by atoms with E-state index in [1.807, 2.05) is 49.4 Å².